The number of nitrogens with two attached hydrogens (primary N) is 1. The van der Waals surface area contributed by atoms with Crippen molar-refractivity contribution in [2.75, 3.05) is 17.2 Å². The van der Waals surface area contributed by atoms with Crippen LogP contribution in [0.25, 0.3) is 0 Å². The van der Waals surface area contributed by atoms with Crippen molar-refractivity contribution in [2.24, 2.45) is 7.05 Å². The number of aromatic nitrogens is 1. The molecule has 20 heavy (non-hydrogen) atoms. The molecular weight excluding hydrogens is 254 g/mol. The molecule has 1 aliphatic heterocycles. The maximum absolute atomic E-state index is 12.5. The van der Waals surface area contributed by atoms with E-state index in [1.807, 2.05) is 12.1 Å². The molecule has 0 radical (unpaired) electrons. The minimum absolute atomic E-state index is 0.147. The number of aryl methyl sites for hydroxylation is 1. The molecule has 1 amide bonds. The van der Waals surface area contributed by atoms with Crippen molar-refractivity contribution >= 4 is 17.3 Å². The molecule has 0 aliphatic carbocycles. The largest absolute Gasteiger partial charge is 0.399 e. The van der Waals surface area contributed by atoms with Crippen LogP contribution in [0.4, 0.5) is 11.4 Å². The monoisotopic (exact) mass is 269 g/mol. The Morgan fingerprint density at radius 2 is 2.05 bits per heavy atom. The number of carbonyl (C=O) groups excluding carboxylic acids is 1. The van der Waals surface area contributed by atoms with E-state index in [2.05, 4.69) is 0 Å². The van der Waals surface area contributed by atoms with Crippen LogP contribution >= 0.6 is 0 Å². The Kier molecular flexibility index (Phi) is 2.82. The Morgan fingerprint density at radius 1 is 1.25 bits per heavy atom. The van der Waals surface area contributed by atoms with Crippen LogP contribution in [0.1, 0.15) is 15.9 Å². The smallest absolute Gasteiger partial charge is 0.258 e. The molecule has 0 saturated heterocycles. The maximum atomic E-state index is 12.5. The second-order valence-corrected chi connectivity index (χ2v) is 4.96. The van der Waals surface area contributed by atoms with Crippen LogP contribution in [0.2, 0.25) is 0 Å². The number of anilines is 2. The van der Waals surface area contributed by atoms with Crippen LogP contribution in [-0.2, 0) is 13.5 Å². The van der Waals surface area contributed by atoms with Gasteiger partial charge in [-0.2, -0.15) is 0 Å². The van der Waals surface area contributed by atoms with Gasteiger partial charge in [-0.15, -0.1) is 0 Å². The number of fused-ring (bicyclic) bond motifs is 1. The third kappa shape index (κ3) is 1.97. The second-order valence-electron chi connectivity index (χ2n) is 4.96. The van der Waals surface area contributed by atoms with Crippen LogP contribution in [-0.4, -0.2) is 17.0 Å². The zero-order chi connectivity index (χ0) is 14.3. The van der Waals surface area contributed by atoms with Crippen molar-refractivity contribution in [3.63, 3.8) is 0 Å². The maximum Gasteiger partial charge on any atom is 0.258 e. The third-order valence-corrected chi connectivity index (χ3v) is 3.60. The molecule has 3 rings (SSSR count). The first kappa shape index (κ1) is 12.5. The molecule has 1 aromatic heterocycles. The van der Waals surface area contributed by atoms with Gasteiger partial charge in [0.2, 0.25) is 0 Å². The van der Waals surface area contributed by atoms with E-state index in [0.29, 0.717) is 17.8 Å². The van der Waals surface area contributed by atoms with Gasteiger partial charge in [0.1, 0.15) is 0 Å². The molecule has 5 nitrogen and oxygen atoms in total. The molecule has 0 bridgehead atoms. The molecule has 0 atom stereocenters. The van der Waals surface area contributed by atoms with Gasteiger partial charge >= 0.3 is 0 Å². The molecule has 2 N–H and O–H groups in total. The number of nitrogen functional groups attached to an aromatic ring is 1. The van der Waals surface area contributed by atoms with Crippen molar-refractivity contribution in [3.05, 3.63) is 58.0 Å². The minimum Gasteiger partial charge on any atom is -0.399 e. The highest BCUT2D eigenvalue weighted by Gasteiger charge is 2.25. The van der Waals surface area contributed by atoms with E-state index in [0.717, 1.165) is 17.7 Å². The first-order valence-electron chi connectivity index (χ1n) is 6.43. The van der Waals surface area contributed by atoms with Gasteiger partial charge in [-0.1, -0.05) is 0 Å². The van der Waals surface area contributed by atoms with E-state index < -0.39 is 0 Å². The van der Waals surface area contributed by atoms with Crippen LogP contribution in [0, 0.1) is 0 Å². The number of hydrogen-bond donors (Lipinski definition) is 1. The molecule has 102 valence electrons. The Morgan fingerprint density at radius 3 is 2.80 bits per heavy atom. The molecule has 0 saturated carbocycles. The molecule has 2 aromatic rings. The summed E-state index contributed by atoms with van der Waals surface area (Å²) >= 11 is 0. The van der Waals surface area contributed by atoms with E-state index >= 15 is 0 Å². The predicted octanol–water partition coefficient (Wildman–Crippen LogP) is 1.17. The lowest BCUT2D eigenvalue weighted by molar-refractivity contribution is 0.0989. The second kappa shape index (κ2) is 4.52. The normalized spacial score (nSPS) is 13.3. The summed E-state index contributed by atoms with van der Waals surface area (Å²) < 4.78 is 1.44. The Labute approximate surface area is 116 Å². The average molecular weight is 269 g/mol. The van der Waals surface area contributed by atoms with Crippen molar-refractivity contribution in [1.82, 2.24) is 4.57 Å². The SMILES string of the molecule is Cn1ccc(C(=O)N2CCc3cc(N)ccc32)cc1=O. The van der Waals surface area contributed by atoms with Crippen LogP contribution in [0.3, 0.4) is 0 Å². The highest BCUT2D eigenvalue weighted by Crippen LogP contribution is 2.30. The van der Waals surface area contributed by atoms with Gasteiger partial charge in [-0.25, -0.2) is 0 Å². The Bertz CT molecular complexity index is 749. The van der Waals surface area contributed by atoms with Gasteiger partial charge in [0.05, 0.1) is 0 Å². The van der Waals surface area contributed by atoms with Crippen LogP contribution in [0.5, 0.6) is 0 Å². The van der Waals surface area contributed by atoms with Crippen LogP contribution < -0.4 is 16.2 Å². The molecule has 2 heterocycles. The third-order valence-electron chi connectivity index (χ3n) is 3.60. The number of pyridine rings is 1. The number of amides is 1. The van der Waals surface area contributed by atoms with Gasteiger partial charge in [0.25, 0.3) is 11.5 Å². The quantitative estimate of drug-likeness (QED) is 0.790. The number of hydrogen-bond acceptors (Lipinski definition) is 3. The van der Waals surface area contributed by atoms with Crippen molar-refractivity contribution in [3.8, 4) is 0 Å². The van der Waals surface area contributed by atoms with E-state index in [1.165, 1.54) is 10.6 Å². The molecule has 1 aliphatic rings. The van der Waals surface area contributed by atoms with Crippen LogP contribution in [0.15, 0.2) is 41.3 Å². The summed E-state index contributed by atoms with van der Waals surface area (Å²) in [6, 6.07) is 8.58. The number of carbonyl (C=O) groups is 1. The fraction of sp³-hybridized carbons (Fsp3) is 0.200. The average Bonchev–Trinajstić information content (AvgIpc) is 2.84. The standard InChI is InChI=1S/C15H15N3O2/c1-17-6-4-11(9-14(17)19)15(20)18-7-5-10-8-12(16)2-3-13(10)18/h2-4,6,8-9H,5,7,16H2,1H3. The van der Waals surface area contributed by atoms with E-state index in [1.54, 1.807) is 30.3 Å². The lowest BCUT2D eigenvalue weighted by atomic mass is 10.1. The lowest BCUT2D eigenvalue weighted by Gasteiger charge is -2.17. The molecule has 0 unspecified atom stereocenters. The van der Waals surface area contributed by atoms with E-state index in [4.69, 9.17) is 5.73 Å². The van der Waals surface area contributed by atoms with Crippen molar-refractivity contribution in [1.29, 1.82) is 0 Å². The number of rotatable bonds is 1. The Balaban J connectivity index is 1.97. The number of benzene rings is 1. The van der Waals surface area contributed by atoms with Gasteiger partial charge < -0.3 is 15.2 Å². The topological polar surface area (TPSA) is 68.3 Å². The molecule has 5 heteroatoms. The van der Waals surface area contributed by atoms with E-state index in [9.17, 15) is 9.59 Å². The van der Waals surface area contributed by atoms with E-state index in [-0.39, 0.29) is 11.5 Å². The van der Waals surface area contributed by atoms with Gasteiger partial charge in [-0.3, -0.25) is 9.59 Å². The summed E-state index contributed by atoms with van der Waals surface area (Å²) in [4.78, 5) is 25.8. The number of nitrogens with zero attached hydrogens (tertiary/aromatic N) is 2. The van der Waals surface area contributed by atoms with Gasteiger partial charge in [-0.05, 0) is 36.2 Å². The fourth-order valence-electron chi connectivity index (χ4n) is 2.47. The summed E-state index contributed by atoms with van der Waals surface area (Å²) in [5.41, 5.74) is 8.63. The molecule has 1 aromatic carbocycles. The summed E-state index contributed by atoms with van der Waals surface area (Å²) in [5.74, 6) is -0.147. The predicted molar refractivity (Wildman–Crippen MR) is 77.9 cm³/mol. The lowest BCUT2D eigenvalue weighted by Crippen LogP contribution is -2.30. The first-order valence-corrected chi connectivity index (χ1v) is 6.43. The summed E-state index contributed by atoms with van der Waals surface area (Å²) in [5, 5.41) is 0. The van der Waals surface area contributed by atoms with Gasteiger partial charge in [0.15, 0.2) is 0 Å². The highest BCUT2D eigenvalue weighted by molar-refractivity contribution is 6.07. The van der Waals surface area contributed by atoms with Gasteiger partial charge in [0, 0.05) is 42.8 Å². The minimum atomic E-state index is -0.187. The zero-order valence-electron chi connectivity index (χ0n) is 11.2. The molecule has 0 spiro atoms. The molecular formula is C15H15N3O2. The zero-order valence-corrected chi connectivity index (χ0v) is 11.2. The summed E-state index contributed by atoms with van der Waals surface area (Å²) in [6.07, 6.45) is 2.40. The highest BCUT2D eigenvalue weighted by atomic mass is 16.2. The summed E-state index contributed by atoms with van der Waals surface area (Å²) in [7, 11) is 1.66. The fourth-order valence-corrected chi connectivity index (χ4v) is 2.47. The van der Waals surface area contributed by atoms with Crippen molar-refractivity contribution < 1.29 is 4.79 Å². The van der Waals surface area contributed by atoms with Crippen molar-refractivity contribution in [2.45, 2.75) is 6.42 Å². The first-order chi connectivity index (χ1) is 9.56. The Hall–Kier alpha value is -2.56. The molecule has 0 fully saturated rings. The summed E-state index contributed by atoms with van der Waals surface area (Å²) in [6.45, 7) is 0.618.